The zero-order valence-electron chi connectivity index (χ0n) is 18.4. The molecule has 7 nitrogen and oxygen atoms in total. The quantitative estimate of drug-likeness (QED) is 0.483. The second-order valence-corrected chi connectivity index (χ2v) is 8.59. The Hall–Kier alpha value is -3.87. The van der Waals surface area contributed by atoms with Gasteiger partial charge in [0.1, 0.15) is 5.82 Å². The highest BCUT2D eigenvalue weighted by Gasteiger charge is 2.32. The molecule has 0 aliphatic carbocycles. The number of amides is 1. The molecule has 1 aliphatic rings. The second-order valence-electron chi connectivity index (χ2n) is 8.59. The van der Waals surface area contributed by atoms with Crippen molar-refractivity contribution < 1.29 is 14.3 Å². The average molecular weight is 428 g/mol. The summed E-state index contributed by atoms with van der Waals surface area (Å²) in [6, 6.07) is 15.5. The number of hydrogen-bond donors (Lipinski definition) is 2. The van der Waals surface area contributed by atoms with Crippen molar-refractivity contribution in [2.24, 2.45) is 0 Å². The van der Waals surface area contributed by atoms with Crippen molar-refractivity contribution in [2.75, 3.05) is 12.1 Å². The van der Waals surface area contributed by atoms with Crippen molar-refractivity contribution in [3.63, 3.8) is 0 Å². The van der Waals surface area contributed by atoms with Crippen LogP contribution in [-0.2, 0) is 10.2 Å². The van der Waals surface area contributed by atoms with Crippen molar-refractivity contribution in [1.82, 2.24) is 15.2 Å². The number of aryl methyl sites for hydroxylation is 2. The van der Waals surface area contributed by atoms with E-state index >= 15 is 0 Å². The topological polar surface area (TPSA) is 89.1 Å². The number of anilines is 1. The van der Waals surface area contributed by atoms with Gasteiger partial charge in [-0.05, 0) is 63.1 Å². The lowest BCUT2D eigenvalue weighted by molar-refractivity contribution is -0.120. The normalized spacial score (nSPS) is 12.9. The fourth-order valence-electron chi connectivity index (χ4n) is 3.87. The summed E-state index contributed by atoms with van der Waals surface area (Å²) in [6.45, 7) is 7.96. The molecule has 32 heavy (non-hydrogen) atoms. The Kier molecular flexibility index (Phi) is 4.62. The first-order chi connectivity index (χ1) is 15.3. The number of aromatic nitrogens is 3. The van der Waals surface area contributed by atoms with Gasteiger partial charge in [-0.2, -0.15) is 5.10 Å². The predicted octanol–water partition coefficient (Wildman–Crippen LogP) is 4.89. The first kappa shape index (κ1) is 20.1. The van der Waals surface area contributed by atoms with E-state index in [-0.39, 0.29) is 12.7 Å². The van der Waals surface area contributed by atoms with Crippen LogP contribution < -0.4 is 14.8 Å². The van der Waals surface area contributed by atoms with E-state index in [1.165, 1.54) is 0 Å². The molecule has 7 heteroatoms. The average Bonchev–Trinajstić information content (AvgIpc) is 3.40. The summed E-state index contributed by atoms with van der Waals surface area (Å²) in [5, 5.41) is 11.4. The Morgan fingerprint density at radius 1 is 1.03 bits per heavy atom. The van der Waals surface area contributed by atoms with E-state index in [2.05, 4.69) is 15.5 Å². The third-order valence-corrected chi connectivity index (χ3v) is 6.02. The van der Waals surface area contributed by atoms with Crippen LogP contribution in [0.3, 0.4) is 0 Å². The van der Waals surface area contributed by atoms with Gasteiger partial charge in [0.15, 0.2) is 11.5 Å². The van der Waals surface area contributed by atoms with Crippen molar-refractivity contribution in [2.45, 2.75) is 33.1 Å². The van der Waals surface area contributed by atoms with Gasteiger partial charge in [0.25, 0.3) is 0 Å². The van der Waals surface area contributed by atoms with Crippen molar-refractivity contribution >= 4 is 22.6 Å². The van der Waals surface area contributed by atoms with Gasteiger partial charge in [0.2, 0.25) is 12.7 Å². The number of pyridine rings is 1. The fraction of sp³-hybridized carbons (Fsp3) is 0.240. The second kappa shape index (κ2) is 7.37. The van der Waals surface area contributed by atoms with Crippen LogP contribution in [0.2, 0.25) is 0 Å². The largest absolute Gasteiger partial charge is 0.454 e. The van der Waals surface area contributed by atoms with Crippen molar-refractivity contribution in [3.05, 3.63) is 65.4 Å². The smallest absolute Gasteiger partial charge is 0.235 e. The Labute approximate surface area is 185 Å². The summed E-state index contributed by atoms with van der Waals surface area (Å²) >= 11 is 0. The van der Waals surface area contributed by atoms with Crippen molar-refractivity contribution in [1.29, 1.82) is 0 Å². The minimum atomic E-state index is -0.792. The van der Waals surface area contributed by atoms with Gasteiger partial charge >= 0.3 is 0 Å². The molecule has 2 aromatic heterocycles. The molecular formula is C25H24N4O3. The maximum Gasteiger partial charge on any atom is 0.235 e. The highest BCUT2D eigenvalue weighted by Crippen LogP contribution is 2.37. The number of ether oxygens (including phenoxy) is 2. The summed E-state index contributed by atoms with van der Waals surface area (Å²) in [5.74, 6) is 1.70. The zero-order valence-corrected chi connectivity index (χ0v) is 18.4. The predicted molar refractivity (Wildman–Crippen MR) is 123 cm³/mol. The number of hydrogen-bond acceptors (Lipinski definition) is 5. The Bertz CT molecular complexity index is 1360. The molecule has 0 saturated carbocycles. The zero-order chi connectivity index (χ0) is 22.5. The van der Waals surface area contributed by atoms with E-state index in [4.69, 9.17) is 14.5 Å². The van der Waals surface area contributed by atoms with E-state index in [0.29, 0.717) is 17.3 Å². The van der Waals surface area contributed by atoms with Gasteiger partial charge in [-0.3, -0.25) is 9.89 Å². The van der Waals surface area contributed by atoms with Gasteiger partial charge in [0, 0.05) is 16.6 Å². The molecule has 0 spiro atoms. The number of H-pyrrole nitrogens is 1. The molecule has 1 amide bonds. The molecule has 4 aromatic rings. The molecule has 0 atom stereocenters. The Balaban J connectivity index is 1.43. The summed E-state index contributed by atoms with van der Waals surface area (Å²) in [4.78, 5) is 18.0. The van der Waals surface area contributed by atoms with E-state index in [1.807, 2.05) is 76.2 Å². The van der Waals surface area contributed by atoms with Crippen LogP contribution >= 0.6 is 0 Å². The van der Waals surface area contributed by atoms with Gasteiger partial charge < -0.3 is 14.8 Å². The molecule has 5 rings (SSSR count). The molecule has 2 N–H and O–H groups in total. The van der Waals surface area contributed by atoms with Gasteiger partial charge in [0.05, 0.1) is 16.6 Å². The molecule has 0 bridgehead atoms. The van der Waals surface area contributed by atoms with Gasteiger partial charge in [-0.25, -0.2) is 4.98 Å². The highest BCUT2D eigenvalue weighted by atomic mass is 16.7. The molecule has 162 valence electrons. The minimum Gasteiger partial charge on any atom is -0.454 e. The van der Waals surface area contributed by atoms with Crippen LogP contribution in [0.5, 0.6) is 11.5 Å². The van der Waals surface area contributed by atoms with Crippen LogP contribution in [0.4, 0.5) is 5.82 Å². The molecule has 0 unspecified atom stereocenters. The fourth-order valence-corrected chi connectivity index (χ4v) is 3.87. The molecule has 1 aliphatic heterocycles. The number of nitrogens with one attached hydrogen (secondary N) is 2. The van der Waals surface area contributed by atoms with Crippen LogP contribution in [-0.4, -0.2) is 27.9 Å². The first-order valence-electron chi connectivity index (χ1n) is 10.5. The first-order valence-corrected chi connectivity index (χ1v) is 10.5. The molecule has 2 aromatic carbocycles. The lowest BCUT2D eigenvalue weighted by Gasteiger charge is -2.24. The Morgan fingerprint density at radius 2 is 1.84 bits per heavy atom. The number of rotatable bonds is 4. The monoisotopic (exact) mass is 428 g/mol. The lowest BCUT2D eigenvalue weighted by atomic mass is 9.83. The summed E-state index contributed by atoms with van der Waals surface area (Å²) in [7, 11) is 0. The van der Waals surface area contributed by atoms with Crippen LogP contribution in [0.1, 0.15) is 30.7 Å². The van der Waals surface area contributed by atoms with E-state index < -0.39 is 5.41 Å². The van der Waals surface area contributed by atoms with E-state index in [9.17, 15) is 4.79 Å². The number of carbonyl (C=O) groups is 1. The van der Waals surface area contributed by atoms with Crippen LogP contribution in [0.15, 0.2) is 48.5 Å². The van der Waals surface area contributed by atoms with E-state index in [1.54, 1.807) is 0 Å². The van der Waals surface area contributed by atoms with Gasteiger partial charge in [-0.15, -0.1) is 0 Å². The molecule has 0 saturated heterocycles. The van der Waals surface area contributed by atoms with Crippen LogP contribution in [0.25, 0.3) is 22.2 Å². The Morgan fingerprint density at radius 3 is 2.69 bits per heavy atom. The summed E-state index contributed by atoms with van der Waals surface area (Å²) < 4.78 is 10.8. The standard InChI is InChI=1S/C25H24N4O3/c1-14-5-10-22(26-23(14)16-6-8-18-15(2)28-29-19(18)11-16)27-24(30)25(3,4)17-7-9-20-21(12-17)32-13-31-20/h5-12H,13H2,1-4H3,(H,28,29)(H,26,27,30). The number of benzene rings is 2. The van der Waals surface area contributed by atoms with Crippen molar-refractivity contribution in [3.8, 4) is 22.8 Å². The number of carbonyl (C=O) groups excluding carboxylic acids is 1. The summed E-state index contributed by atoms with van der Waals surface area (Å²) in [6.07, 6.45) is 0. The molecule has 0 radical (unpaired) electrons. The molecular weight excluding hydrogens is 404 g/mol. The number of nitrogens with zero attached hydrogens (tertiary/aromatic N) is 2. The van der Waals surface area contributed by atoms with E-state index in [0.717, 1.165) is 39.0 Å². The molecule has 0 fully saturated rings. The van der Waals surface area contributed by atoms with Crippen LogP contribution in [0, 0.1) is 13.8 Å². The lowest BCUT2D eigenvalue weighted by Crippen LogP contribution is -2.35. The number of aromatic amines is 1. The highest BCUT2D eigenvalue weighted by molar-refractivity contribution is 5.98. The number of fused-ring (bicyclic) bond motifs is 2. The minimum absolute atomic E-state index is 0.156. The van der Waals surface area contributed by atoms with Gasteiger partial charge in [-0.1, -0.05) is 24.3 Å². The molecule has 3 heterocycles. The maximum atomic E-state index is 13.2. The third kappa shape index (κ3) is 3.36. The third-order valence-electron chi connectivity index (χ3n) is 6.02. The summed E-state index contributed by atoms with van der Waals surface area (Å²) in [5.41, 5.74) is 4.75. The SMILES string of the molecule is Cc1ccc(NC(=O)C(C)(C)c2ccc3c(c2)OCO3)nc1-c1ccc2c(C)[nH]nc2c1. The maximum absolute atomic E-state index is 13.2.